The van der Waals surface area contributed by atoms with E-state index in [1.807, 2.05) is 6.92 Å². The minimum atomic E-state index is -3.66. The summed E-state index contributed by atoms with van der Waals surface area (Å²) in [6.07, 6.45) is 2.44. The lowest BCUT2D eigenvalue weighted by molar-refractivity contribution is -0.149. The van der Waals surface area contributed by atoms with E-state index in [9.17, 15) is 27.9 Å². The molecule has 1 fully saturated rings. The molecule has 2 rings (SSSR count). The molecular weight excluding hydrogens is 408 g/mol. The highest BCUT2D eigenvalue weighted by molar-refractivity contribution is 7.93. The summed E-state index contributed by atoms with van der Waals surface area (Å²) in [5.74, 6) is -2.72. The van der Waals surface area contributed by atoms with Crippen molar-refractivity contribution in [3.05, 3.63) is 47.4 Å². The van der Waals surface area contributed by atoms with Crippen LogP contribution in [0.3, 0.4) is 0 Å². The molecule has 3 unspecified atom stereocenters. The van der Waals surface area contributed by atoms with Crippen LogP contribution in [-0.2, 0) is 30.0 Å². The fourth-order valence-electron chi connectivity index (χ4n) is 3.37. The van der Waals surface area contributed by atoms with E-state index in [0.717, 1.165) is 11.5 Å². The van der Waals surface area contributed by atoms with Gasteiger partial charge in [0.05, 0.1) is 5.75 Å². The summed E-state index contributed by atoms with van der Waals surface area (Å²) in [5, 5.41) is 12.7. The molecule has 0 aromatic heterocycles. The van der Waals surface area contributed by atoms with Gasteiger partial charge in [-0.3, -0.25) is 9.59 Å². The number of hydrogen-bond donors (Lipinski definition) is 2. The summed E-state index contributed by atoms with van der Waals surface area (Å²) in [4.78, 5) is 38.0. The Hall–Kier alpha value is -2.68. The Bertz CT molecular complexity index is 897. The van der Waals surface area contributed by atoms with Crippen molar-refractivity contribution >= 4 is 27.6 Å². The van der Waals surface area contributed by atoms with E-state index >= 15 is 0 Å². The number of likely N-dealkylation sites (tertiary alicyclic amines) is 1. The predicted molar refractivity (Wildman–Crippen MR) is 112 cm³/mol. The summed E-state index contributed by atoms with van der Waals surface area (Å²) in [6.45, 7) is 3.96. The Morgan fingerprint density at radius 2 is 1.93 bits per heavy atom. The highest BCUT2D eigenvalue weighted by atomic mass is 32.2. The van der Waals surface area contributed by atoms with Gasteiger partial charge in [-0.1, -0.05) is 50.6 Å². The standard InChI is InChI=1S/C21H28N2O6S/c1-3-15(2)19(20(25)23-12-7-10-17(23)21(26)27)22-18(24)11-13-30(28,29)14-16-8-5-4-6-9-16/h4-6,8-9,11,13,15,17,19H,3,7,10,12,14H2,1-2H3,(H,22,24)(H,26,27)/b13-11+. The Morgan fingerprint density at radius 3 is 2.53 bits per heavy atom. The monoisotopic (exact) mass is 436 g/mol. The summed E-state index contributed by atoms with van der Waals surface area (Å²) in [6, 6.07) is 6.77. The van der Waals surface area contributed by atoms with E-state index < -0.39 is 39.7 Å². The van der Waals surface area contributed by atoms with Crippen LogP contribution in [0, 0.1) is 5.92 Å². The largest absolute Gasteiger partial charge is 0.480 e. The fraction of sp³-hybridized carbons (Fsp3) is 0.476. The Balaban J connectivity index is 2.08. The number of carboxylic acid groups (broad SMARTS) is 1. The molecule has 0 radical (unpaired) electrons. The maximum absolute atomic E-state index is 12.9. The van der Waals surface area contributed by atoms with Crippen molar-refractivity contribution in [3.8, 4) is 0 Å². The van der Waals surface area contributed by atoms with Gasteiger partial charge in [-0.25, -0.2) is 13.2 Å². The molecule has 0 saturated carbocycles. The van der Waals surface area contributed by atoms with Crippen LogP contribution >= 0.6 is 0 Å². The fourth-order valence-corrected chi connectivity index (χ4v) is 4.45. The second-order valence-electron chi connectivity index (χ2n) is 7.50. The van der Waals surface area contributed by atoms with Gasteiger partial charge in [0.2, 0.25) is 11.8 Å². The number of carboxylic acids is 1. The molecule has 1 aliphatic heterocycles. The SMILES string of the molecule is CCC(C)C(NC(=O)/C=C/S(=O)(=O)Cc1ccccc1)C(=O)N1CCCC1C(=O)O. The van der Waals surface area contributed by atoms with Crippen LogP contribution in [0.1, 0.15) is 38.7 Å². The van der Waals surface area contributed by atoms with Gasteiger partial charge in [0.25, 0.3) is 0 Å². The van der Waals surface area contributed by atoms with E-state index in [-0.39, 0.29) is 11.7 Å². The molecule has 0 aliphatic carbocycles. The molecule has 164 valence electrons. The maximum Gasteiger partial charge on any atom is 0.326 e. The third kappa shape index (κ3) is 6.41. The second-order valence-corrected chi connectivity index (χ2v) is 9.38. The first kappa shape index (κ1) is 23.6. The zero-order valence-electron chi connectivity index (χ0n) is 17.2. The third-order valence-corrected chi connectivity index (χ3v) is 6.52. The summed E-state index contributed by atoms with van der Waals surface area (Å²) < 4.78 is 24.5. The normalized spacial score (nSPS) is 18.9. The number of aliphatic carboxylic acids is 1. The van der Waals surface area contributed by atoms with Crippen LogP contribution in [0.4, 0.5) is 0 Å². The first-order chi connectivity index (χ1) is 14.1. The summed E-state index contributed by atoms with van der Waals surface area (Å²) >= 11 is 0. The van der Waals surface area contributed by atoms with Gasteiger partial charge in [-0.2, -0.15) is 0 Å². The van der Waals surface area contributed by atoms with Crippen LogP contribution < -0.4 is 5.32 Å². The zero-order valence-corrected chi connectivity index (χ0v) is 18.0. The maximum atomic E-state index is 12.9. The quantitative estimate of drug-likeness (QED) is 0.569. The van der Waals surface area contributed by atoms with E-state index in [0.29, 0.717) is 31.4 Å². The van der Waals surface area contributed by atoms with Crippen molar-refractivity contribution < 1.29 is 27.9 Å². The number of carbonyl (C=O) groups is 3. The molecule has 0 bridgehead atoms. The lowest BCUT2D eigenvalue weighted by atomic mass is 9.97. The number of sulfone groups is 1. The Labute approximate surface area is 176 Å². The average Bonchev–Trinajstić information content (AvgIpc) is 3.20. The summed E-state index contributed by atoms with van der Waals surface area (Å²) in [7, 11) is -3.66. The summed E-state index contributed by atoms with van der Waals surface area (Å²) in [5.41, 5.74) is 0.601. The van der Waals surface area contributed by atoms with Crippen molar-refractivity contribution in [1.29, 1.82) is 0 Å². The molecule has 2 N–H and O–H groups in total. The number of benzene rings is 1. The lowest BCUT2D eigenvalue weighted by Gasteiger charge is -2.30. The van der Waals surface area contributed by atoms with Gasteiger partial charge in [0.1, 0.15) is 12.1 Å². The number of hydrogen-bond acceptors (Lipinski definition) is 5. The van der Waals surface area contributed by atoms with Gasteiger partial charge in [-0.15, -0.1) is 0 Å². The topological polar surface area (TPSA) is 121 Å². The molecule has 1 aromatic carbocycles. The third-order valence-electron chi connectivity index (χ3n) is 5.24. The lowest BCUT2D eigenvalue weighted by Crippen LogP contribution is -2.53. The van der Waals surface area contributed by atoms with E-state index in [1.165, 1.54) is 4.90 Å². The van der Waals surface area contributed by atoms with Crippen molar-refractivity contribution in [2.45, 2.75) is 50.9 Å². The van der Waals surface area contributed by atoms with Gasteiger partial charge >= 0.3 is 5.97 Å². The Kier molecular flexibility index (Phi) is 8.16. The number of rotatable bonds is 9. The van der Waals surface area contributed by atoms with Crippen molar-refractivity contribution in [1.82, 2.24) is 10.2 Å². The van der Waals surface area contributed by atoms with Crippen LogP contribution in [-0.4, -0.2) is 54.8 Å². The molecular formula is C21H28N2O6S. The average molecular weight is 437 g/mol. The van der Waals surface area contributed by atoms with Crippen molar-refractivity contribution in [3.63, 3.8) is 0 Å². The van der Waals surface area contributed by atoms with Crippen LogP contribution in [0.25, 0.3) is 0 Å². The molecule has 3 atom stereocenters. The van der Waals surface area contributed by atoms with Crippen LogP contribution in [0.2, 0.25) is 0 Å². The Morgan fingerprint density at radius 1 is 1.27 bits per heavy atom. The van der Waals surface area contributed by atoms with Crippen LogP contribution in [0.15, 0.2) is 41.8 Å². The highest BCUT2D eigenvalue weighted by Crippen LogP contribution is 2.21. The number of carbonyl (C=O) groups excluding carboxylic acids is 2. The first-order valence-electron chi connectivity index (χ1n) is 9.93. The van der Waals surface area contributed by atoms with Crippen LogP contribution in [0.5, 0.6) is 0 Å². The molecule has 2 amide bonds. The van der Waals surface area contributed by atoms with Gasteiger partial charge in [0, 0.05) is 18.0 Å². The minimum absolute atomic E-state index is 0.237. The van der Waals surface area contributed by atoms with E-state index in [1.54, 1.807) is 37.3 Å². The molecule has 1 aliphatic rings. The predicted octanol–water partition coefficient (Wildman–Crippen LogP) is 1.72. The number of nitrogens with zero attached hydrogens (tertiary/aromatic N) is 1. The number of amides is 2. The highest BCUT2D eigenvalue weighted by Gasteiger charge is 2.38. The van der Waals surface area contributed by atoms with Gasteiger partial charge in [-0.05, 0) is 24.3 Å². The molecule has 9 heteroatoms. The second kappa shape index (κ2) is 10.4. The molecule has 0 spiro atoms. The van der Waals surface area contributed by atoms with Gasteiger partial charge in [0.15, 0.2) is 9.84 Å². The molecule has 1 aromatic rings. The van der Waals surface area contributed by atoms with Crippen molar-refractivity contribution in [2.75, 3.05) is 6.54 Å². The smallest absolute Gasteiger partial charge is 0.326 e. The molecule has 30 heavy (non-hydrogen) atoms. The number of nitrogens with one attached hydrogen (secondary N) is 1. The molecule has 1 saturated heterocycles. The zero-order chi connectivity index (χ0) is 22.3. The van der Waals surface area contributed by atoms with E-state index in [4.69, 9.17) is 0 Å². The minimum Gasteiger partial charge on any atom is -0.480 e. The van der Waals surface area contributed by atoms with Gasteiger partial charge < -0.3 is 15.3 Å². The molecule has 1 heterocycles. The van der Waals surface area contributed by atoms with Crippen molar-refractivity contribution in [2.24, 2.45) is 5.92 Å². The first-order valence-corrected chi connectivity index (χ1v) is 11.6. The molecule has 8 nitrogen and oxygen atoms in total. The van der Waals surface area contributed by atoms with E-state index in [2.05, 4.69) is 5.32 Å².